The highest BCUT2D eigenvalue weighted by atomic mass is 16.5. The molecule has 0 radical (unpaired) electrons. The molecule has 3 heteroatoms. The fourth-order valence-corrected chi connectivity index (χ4v) is 3.31. The molecule has 0 aliphatic carbocycles. The van der Waals surface area contributed by atoms with E-state index in [1.54, 1.807) is 0 Å². The summed E-state index contributed by atoms with van der Waals surface area (Å²) in [7, 11) is 0. The standard InChI is InChI=1S/C16H18N2O/c1-2-4-14-12(3-1)5-6-16(17-14)19-15-11-18-9-7-13(15)8-10-18/h1-6,13,15H,7-11H2. The summed E-state index contributed by atoms with van der Waals surface area (Å²) in [5, 5.41) is 1.17. The maximum absolute atomic E-state index is 6.14. The normalized spacial score (nSPS) is 29.6. The van der Waals surface area contributed by atoms with Gasteiger partial charge < -0.3 is 4.74 Å². The number of piperidine rings is 3. The van der Waals surface area contributed by atoms with E-state index in [-0.39, 0.29) is 0 Å². The molecule has 3 fully saturated rings. The predicted octanol–water partition coefficient (Wildman–Crippen LogP) is 2.71. The summed E-state index contributed by atoms with van der Waals surface area (Å²) in [5.41, 5.74) is 1.02. The smallest absolute Gasteiger partial charge is 0.214 e. The maximum Gasteiger partial charge on any atom is 0.214 e. The Morgan fingerprint density at radius 3 is 2.68 bits per heavy atom. The molecule has 0 amide bonds. The van der Waals surface area contributed by atoms with E-state index >= 15 is 0 Å². The van der Waals surface area contributed by atoms with Crippen molar-refractivity contribution >= 4 is 10.9 Å². The molecule has 98 valence electrons. The first kappa shape index (κ1) is 11.2. The van der Waals surface area contributed by atoms with E-state index in [1.807, 2.05) is 24.3 Å². The maximum atomic E-state index is 6.14. The Hall–Kier alpha value is -1.61. The van der Waals surface area contributed by atoms with Gasteiger partial charge >= 0.3 is 0 Å². The minimum absolute atomic E-state index is 0.330. The van der Waals surface area contributed by atoms with Crippen LogP contribution >= 0.6 is 0 Å². The molecule has 3 aliphatic rings. The van der Waals surface area contributed by atoms with Crippen molar-refractivity contribution < 1.29 is 4.74 Å². The van der Waals surface area contributed by atoms with Gasteiger partial charge in [-0.3, -0.25) is 4.90 Å². The van der Waals surface area contributed by atoms with Crippen molar-refractivity contribution in [2.45, 2.75) is 18.9 Å². The molecule has 19 heavy (non-hydrogen) atoms. The van der Waals surface area contributed by atoms with Crippen molar-refractivity contribution in [3.05, 3.63) is 36.4 Å². The lowest BCUT2D eigenvalue weighted by atomic mass is 9.86. The second kappa shape index (κ2) is 4.49. The summed E-state index contributed by atoms with van der Waals surface area (Å²) in [6.07, 6.45) is 2.88. The molecule has 5 rings (SSSR count). The Balaban J connectivity index is 1.58. The van der Waals surface area contributed by atoms with Gasteiger partial charge in [-0.1, -0.05) is 18.2 Å². The van der Waals surface area contributed by atoms with Gasteiger partial charge in [0.1, 0.15) is 6.10 Å². The zero-order valence-corrected chi connectivity index (χ0v) is 11.0. The first-order valence-corrected chi connectivity index (χ1v) is 7.13. The van der Waals surface area contributed by atoms with Gasteiger partial charge in [-0.2, -0.15) is 0 Å². The molecule has 1 atom stereocenters. The van der Waals surface area contributed by atoms with Crippen molar-refractivity contribution in [1.82, 2.24) is 9.88 Å². The van der Waals surface area contributed by atoms with Crippen molar-refractivity contribution in [3.8, 4) is 5.88 Å². The lowest BCUT2D eigenvalue weighted by molar-refractivity contribution is -0.00977. The Morgan fingerprint density at radius 1 is 1.05 bits per heavy atom. The van der Waals surface area contributed by atoms with E-state index < -0.39 is 0 Å². The lowest BCUT2D eigenvalue weighted by Gasteiger charge is -2.44. The first-order valence-electron chi connectivity index (χ1n) is 7.13. The fraction of sp³-hybridized carbons (Fsp3) is 0.438. The predicted molar refractivity (Wildman–Crippen MR) is 75.3 cm³/mol. The number of fused-ring (bicyclic) bond motifs is 4. The molecule has 1 aromatic carbocycles. The van der Waals surface area contributed by atoms with Gasteiger partial charge in [0.25, 0.3) is 0 Å². The molecule has 2 bridgehead atoms. The van der Waals surface area contributed by atoms with Crippen LogP contribution in [0.25, 0.3) is 10.9 Å². The van der Waals surface area contributed by atoms with Crippen LogP contribution in [0.15, 0.2) is 36.4 Å². The zero-order chi connectivity index (χ0) is 12.7. The average Bonchev–Trinajstić information content (AvgIpc) is 2.48. The average molecular weight is 254 g/mol. The number of para-hydroxylation sites is 1. The van der Waals surface area contributed by atoms with Crippen LogP contribution in [-0.4, -0.2) is 35.6 Å². The van der Waals surface area contributed by atoms with Gasteiger partial charge in [0, 0.05) is 18.0 Å². The molecular formula is C16H18N2O. The Bertz CT molecular complexity index is 590. The van der Waals surface area contributed by atoms with E-state index in [0.29, 0.717) is 6.10 Å². The van der Waals surface area contributed by atoms with Crippen LogP contribution in [-0.2, 0) is 0 Å². The van der Waals surface area contributed by atoms with Crippen LogP contribution in [0, 0.1) is 5.92 Å². The Labute approximate surface area is 113 Å². The Kier molecular flexibility index (Phi) is 2.66. The quantitative estimate of drug-likeness (QED) is 0.824. The zero-order valence-electron chi connectivity index (χ0n) is 11.0. The summed E-state index contributed by atoms with van der Waals surface area (Å²) in [6, 6.07) is 12.3. The third-order valence-corrected chi connectivity index (χ3v) is 4.44. The number of hydrogen-bond acceptors (Lipinski definition) is 3. The van der Waals surface area contributed by atoms with Crippen LogP contribution in [0.2, 0.25) is 0 Å². The molecule has 4 heterocycles. The summed E-state index contributed by atoms with van der Waals surface area (Å²) < 4.78 is 6.14. The molecule has 3 saturated heterocycles. The summed E-state index contributed by atoms with van der Waals surface area (Å²) >= 11 is 0. The minimum atomic E-state index is 0.330. The van der Waals surface area contributed by atoms with E-state index in [2.05, 4.69) is 22.0 Å². The van der Waals surface area contributed by atoms with Crippen LogP contribution in [0.1, 0.15) is 12.8 Å². The minimum Gasteiger partial charge on any atom is -0.473 e. The van der Waals surface area contributed by atoms with E-state index in [1.165, 1.54) is 31.3 Å². The molecule has 3 aliphatic heterocycles. The second-order valence-electron chi connectivity index (χ2n) is 5.64. The van der Waals surface area contributed by atoms with Crippen molar-refractivity contribution in [1.29, 1.82) is 0 Å². The van der Waals surface area contributed by atoms with Crippen molar-refractivity contribution in [3.63, 3.8) is 0 Å². The summed E-state index contributed by atoms with van der Waals surface area (Å²) in [6.45, 7) is 3.56. The molecule has 0 saturated carbocycles. The molecule has 2 aromatic rings. The molecule has 3 nitrogen and oxygen atoms in total. The number of rotatable bonds is 2. The number of pyridine rings is 1. The molecule has 0 spiro atoms. The molecule has 0 N–H and O–H groups in total. The number of aromatic nitrogens is 1. The van der Waals surface area contributed by atoms with Crippen LogP contribution in [0.5, 0.6) is 5.88 Å². The lowest BCUT2D eigenvalue weighted by Crippen LogP contribution is -2.52. The fourth-order valence-electron chi connectivity index (χ4n) is 3.31. The largest absolute Gasteiger partial charge is 0.473 e. The monoisotopic (exact) mass is 254 g/mol. The van der Waals surface area contributed by atoms with Crippen molar-refractivity contribution in [2.75, 3.05) is 19.6 Å². The third kappa shape index (κ3) is 2.08. The summed E-state index contributed by atoms with van der Waals surface area (Å²) in [4.78, 5) is 7.12. The molecule has 1 unspecified atom stereocenters. The Morgan fingerprint density at radius 2 is 1.89 bits per heavy atom. The number of ether oxygens (including phenoxy) is 1. The van der Waals surface area contributed by atoms with E-state index in [0.717, 1.165) is 23.9 Å². The van der Waals surface area contributed by atoms with Gasteiger partial charge in [-0.25, -0.2) is 4.98 Å². The van der Waals surface area contributed by atoms with Crippen LogP contribution < -0.4 is 4.74 Å². The van der Waals surface area contributed by atoms with Gasteiger partial charge in [0.15, 0.2) is 0 Å². The SMILES string of the molecule is c1ccc2nc(OC3CN4CCC3CC4)ccc2c1. The molecular weight excluding hydrogens is 236 g/mol. The number of nitrogens with zero attached hydrogens (tertiary/aromatic N) is 2. The molecule has 1 aromatic heterocycles. The topological polar surface area (TPSA) is 25.4 Å². The van der Waals surface area contributed by atoms with Gasteiger partial charge in [-0.05, 0) is 44.0 Å². The van der Waals surface area contributed by atoms with Crippen LogP contribution in [0.3, 0.4) is 0 Å². The van der Waals surface area contributed by atoms with E-state index in [4.69, 9.17) is 4.74 Å². The third-order valence-electron chi connectivity index (χ3n) is 4.44. The highest BCUT2D eigenvalue weighted by Gasteiger charge is 2.35. The number of hydrogen-bond donors (Lipinski definition) is 0. The highest BCUT2D eigenvalue weighted by molar-refractivity contribution is 5.78. The van der Waals surface area contributed by atoms with Crippen molar-refractivity contribution in [2.24, 2.45) is 5.92 Å². The number of benzene rings is 1. The first-order chi connectivity index (χ1) is 9.38. The van der Waals surface area contributed by atoms with Gasteiger partial charge in [0.2, 0.25) is 5.88 Å². The second-order valence-corrected chi connectivity index (χ2v) is 5.64. The summed E-state index contributed by atoms with van der Waals surface area (Å²) in [5.74, 6) is 1.50. The van der Waals surface area contributed by atoms with Gasteiger partial charge in [-0.15, -0.1) is 0 Å². The van der Waals surface area contributed by atoms with E-state index in [9.17, 15) is 0 Å². The van der Waals surface area contributed by atoms with Crippen LogP contribution in [0.4, 0.5) is 0 Å². The van der Waals surface area contributed by atoms with Gasteiger partial charge in [0.05, 0.1) is 5.52 Å². The highest BCUT2D eigenvalue weighted by Crippen LogP contribution is 2.30.